The normalized spacial score (nSPS) is 12.9. The molecule has 26 heavy (non-hydrogen) atoms. The third-order valence-corrected chi connectivity index (χ3v) is 3.89. The van der Waals surface area contributed by atoms with E-state index in [-0.39, 0.29) is 17.0 Å². The van der Waals surface area contributed by atoms with Crippen molar-refractivity contribution < 1.29 is 14.4 Å². The number of carbonyl (C=O) groups is 1. The number of carboxylic acids is 1. The number of aromatic carboxylic acids is 1. The highest BCUT2D eigenvalue weighted by Crippen LogP contribution is 2.32. The molecule has 1 atom stereocenters. The average Bonchev–Trinajstić information content (AvgIpc) is 3.25. The second kappa shape index (κ2) is 7.04. The Labute approximate surface area is 149 Å². The largest absolute Gasteiger partial charge is 0.478 e. The second-order valence-electron chi connectivity index (χ2n) is 6.97. The molecule has 3 N–H and O–H groups in total. The summed E-state index contributed by atoms with van der Waals surface area (Å²) in [5.74, 6) is 0.296. The minimum absolute atomic E-state index is 0.188. The molecule has 0 radical (unpaired) electrons. The van der Waals surface area contributed by atoms with Crippen LogP contribution in [-0.2, 0) is 6.54 Å². The van der Waals surface area contributed by atoms with Gasteiger partial charge in [0.25, 0.3) is 0 Å². The molecule has 2 aromatic heterocycles. The Balaban J connectivity index is 1.76. The molecule has 0 bridgehead atoms. The Kier molecular flexibility index (Phi) is 4.81. The van der Waals surface area contributed by atoms with Crippen molar-refractivity contribution >= 4 is 5.97 Å². The number of carboxylic acid groups (broad SMARTS) is 1. The molecule has 2 heterocycles. The maximum Gasteiger partial charge on any atom is 0.335 e. The first-order chi connectivity index (χ1) is 12.3. The molecule has 136 valence electrons. The molecule has 0 amide bonds. The average molecular weight is 356 g/mol. The van der Waals surface area contributed by atoms with Crippen LogP contribution in [0.1, 0.15) is 48.6 Å². The number of hydrogen-bond acceptors (Lipinski definition) is 7. The molecule has 9 nitrogen and oxygen atoms in total. The van der Waals surface area contributed by atoms with Crippen LogP contribution in [-0.4, -0.2) is 36.4 Å². The fourth-order valence-corrected chi connectivity index (χ4v) is 2.51. The number of rotatable bonds is 6. The van der Waals surface area contributed by atoms with E-state index in [4.69, 9.17) is 9.63 Å². The Morgan fingerprint density at radius 1 is 1.31 bits per heavy atom. The van der Waals surface area contributed by atoms with Gasteiger partial charge in [-0.05, 0) is 23.1 Å². The van der Waals surface area contributed by atoms with Gasteiger partial charge in [0.15, 0.2) is 5.82 Å². The molecule has 0 aliphatic rings. The predicted molar refractivity (Wildman–Crippen MR) is 92.1 cm³/mol. The van der Waals surface area contributed by atoms with E-state index in [9.17, 15) is 4.79 Å². The van der Waals surface area contributed by atoms with E-state index in [1.54, 1.807) is 24.3 Å². The van der Waals surface area contributed by atoms with Gasteiger partial charge in [0.2, 0.25) is 11.7 Å². The molecular formula is C17H20N6O3. The number of nitrogens with zero attached hydrogens (tertiary/aromatic N) is 4. The minimum Gasteiger partial charge on any atom is -0.478 e. The van der Waals surface area contributed by atoms with Gasteiger partial charge in [0.1, 0.15) is 6.33 Å². The first-order valence-electron chi connectivity index (χ1n) is 8.09. The standard InChI is InChI=1S/C17H20N6O3/c1-17(2,3)12(15-21-14(23-26-15)13-19-9-20-22-13)18-8-10-4-6-11(7-5-10)16(24)25/h4-7,9,12,18H,8H2,1-3H3,(H,24,25)(H,19,20,22). The lowest BCUT2D eigenvalue weighted by molar-refractivity contribution is 0.0697. The summed E-state index contributed by atoms with van der Waals surface area (Å²) in [6.45, 7) is 6.73. The third-order valence-electron chi connectivity index (χ3n) is 3.89. The first kappa shape index (κ1) is 17.7. The molecule has 0 fully saturated rings. The molecule has 1 aromatic carbocycles. The van der Waals surface area contributed by atoms with Crippen molar-refractivity contribution in [2.24, 2.45) is 5.41 Å². The van der Waals surface area contributed by atoms with Crippen LogP contribution in [0.4, 0.5) is 0 Å². The van der Waals surface area contributed by atoms with Crippen molar-refractivity contribution in [1.82, 2.24) is 30.6 Å². The van der Waals surface area contributed by atoms with Crippen molar-refractivity contribution in [2.45, 2.75) is 33.4 Å². The van der Waals surface area contributed by atoms with Gasteiger partial charge >= 0.3 is 5.97 Å². The Hall–Kier alpha value is -3.07. The van der Waals surface area contributed by atoms with Crippen molar-refractivity contribution in [3.8, 4) is 11.6 Å². The molecule has 0 aliphatic heterocycles. The van der Waals surface area contributed by atoms with E-state index < -0.39 is 5.97 Å². The molecule has 0 aliphatic carbocycles. The predicted octanol–water partition coefficient (Wildman–Crippen LogP) is 2.43. The fourth-order valence-electron chi connectivity index (χ4n) is 2.51. The lowest BCUT2D eigenvalue weighted by Crippen LogP contribution is -2.32. The van der Waals surface area contributed by atoms with Crippen LogP contribution in [0.15, 0.2) is 35.1 Å². The van der Waals surface area contributed by atoms with Gasteiger partial charge in [-0.25, -0.2) is 9.78 Å². The van der Waals surface area contributed by atoms with Gasteiger partial charge in [-0.2, -0.15) is 10.1 Å². The van der Waals surface area contributed by atoms with Gasteiger partial charge in [-0.3, -0.25) is 5.10 Å². The second-order valence-corrected chi connectivity index (χ2v) is 6.97. The van der Waals surface area contributed by atoms with Gasteiger partial charge < -0.3 is 14.9 Å². The van der Waals surface area contributed by atoms with E-state index in [2.05, 4.69) is 51.4 Å². The lowest BCUT2D eigenvalue weighted by Gasteiger charge is -2.28. The highest BCUT2D eigenvalue weighted by Gasteiger charge is 2.31. The Morgan fingerprint density at radius 2 is 2.04 bits per heavy atom. The maximum absolute atomic E-state index is 10.9. The summed E-state index contributed by atoms with van der Waals surface area (Å²) in [4.78, 5) is 19.4. The zero-order chi connectivity index (χ0) is 18.7. The topological polar surface area (TPSA) is 130 Å². The maximum atomic E-state index is 10.9. The minimum atomic E-state index is -0.942. The van der Waals surface area contributed by atoms with Gasteiger partial charge in [-0.15, -0.1) is 0 Å². The number of benzene rings is 1. The summed E-state index contributed by atoms with van der Waals surface area (Å²) in [5.41, 5.74) is 1.03. The molecule has 0 saturated heterocycles. The molecule has 3 rings (SSSR count). The van der Waals surface area contributed by atoms with E-state index in [0.29, 0.717) is 24.1 Å². The number of H-pyrrole nitrogens is 1. The van der Waals surface area contributed by atoms with Gasteiger partial charge in [-0.1, -0.05) is 38.1 Å². The monoisotopic (exact) mass is 356 g/mol. The van der Waals surface area contributed by atoms with E-state index in [1.165, 1.54) is 6.33 Å². The van der Waals surface area contributed by atoms with Crippen LogP contribution >= 0.6 is 0 Å². The van der Waals surface area contributed by atoms with Crippen molar-refractivity contribution in [2.75, 3.05) is 0 Å². The number of hydrogen-bond donors (Lipinski definition) is 3. The molecule has 1 unspecified atom stereocenters. The SMILES string of the molecule is CC(C)(C)C(NCc1ccc(C(=O)O)cc1)c1nc(-c2ncn[nH]2)no1. The molecule has 3 aromatic rings. The quantitative estimate of drug-likeness (QED) is 0.614. The summed E-state index contributed by atoms with van der Waals surface area (Å²) < 4.78 is 5.43. The summed E-state index contributed by atoms with van der Waals surface area (Å²) in [6.07, 6.45) is 1.38. The van der Waals surface area contributed by atoms with Crippen molar-refractivity contribution in [3.05, 3.63) is 47.6 Å². The summed E-state index contributed by atoms with van der Waals surface area (Å²) in [7, 11) is 0. The van der Waals surface area contributed by atoms with Crippen LogP contribution in [0.3, 0.4) is 0 Å². The van der Waals surface area contributed by atoms with Gasteiger partial charge in [0, 0.05) is 6.54 Å². The molecule has 9 heteroatoms. The number of aromatic amines is 1. The Morgan fingerprint density at radius 3 is 2.62 bits per heavy atom. The van der Waals surface area contributed by atoms with E-state index >= 15 is 0 Å². The van der Waals surface area contributed by atoms with Crippen molar-refractivity contribution in [1.29, 1.82) is 0 Å². The highest BCUT2D eigenvalue weighted by atomic mass is 16.5. The summed E-state index contributed by atoms with van der Waals surface area (Å²) in [6, 6.07) is 6.53. The zero-order valence-corrected chi connectivity index (χ0v) is 14.7. The van der Waals surface area contributed by atoms with Crippen LogP contribution in [0.5, 0.6) is 0 Å². The Bertz CT molecular complexity index is 865. The fraction of sp³-hybridized carbons (Fsp3) is 0.353. The first-order valence-corrected chi connectivity index (χ1v) is 8.09. The van der Waals surface area contributed by atoms with E-state index in [1.807, 2.05) is 0 Å². The molecular weight excluding hydrogens is 336 g/mol. The highest BCUT2D eigenvalue weighted by molar-refractivity contribution is 5.87. The smallest absolute Gasteiger partial charge is 0.335 e. The van der Waals surface area contributed by atoms with Crippen LogP contribution in [0.25, 0.3) is 11.6 Å². The lowest BCUT2D eigenvalue weighted by atomic mass is 9.86. The summed E-state index contributed by atoms with van der Waals surface area (Å²) >= 11 is 0. The third kappa shape index (κ3) is 3.94. The van der Waals surface area contributed by atoms with Gasteiger partial charge in [0.05, 0.1) is 11.6 Å². The van der Waals surface area contributed by atoms with E-state index in [0.717, 1.165) is 5.56 Å². The summed E-state index contributed by atoms with van der Waals surface area (Å²) in [5, 5.41) is 22.8. The van der Waals surface area contributed by atoms with Crippen LogP contribution < -0.4 is 5.32 Å². The van der Waals surface area contributed by atoms with Crippen LogP contribution in [0.2, 0.25) is 0 Å². The zero-order valence-electron chi connectivity index (χ0n) is 14.7. The molecule has 0 saturated carbocycles. The number of nitrogens with one attached hydrogen (secondary N) is 2. The molecule has 0 spiro atoms. The van der Waals surface area contributed by atoms with Crippen LogP contribution in [0, 0.1) is 5.41 Å². The van der Waals surface area contributed by atoms with Crippen molar-refractivity contribution in [3.63, 3.8) is 0 Å². The number of aromatic nitrogens is 5.